The zero-order valence-corrected chi connectivity index (χ0v) is 15.6. The number of rotatable bonds is 7. The van der Waals surface area contributed by atoms with E-state index in [9.17, 15) is 4.79 Å². The highest BCUT2D eigenvalue weighted by atomic mass is 32.2. The average Bonchev–Trinajstić information content (AvgIpc) is 3.10. The highest BCUT2D eigenvalue weighted by Gasteiger charge is 2.22. The molecule has 6 nitrogen and oxygen atoms in total. The van der Waals surface area contributed by atoms with Crippen LogP contribution in [-0.4, -0.2) is 30.9 Å². The first-order valence-electron chi connectivity index (χ1n) is 8.59. The van der Waals surface area contributed by atoms with E-state index in [-0.39, 0.29) is 11.2 Å². The summed E-state index contributed by atoms with van der Waals surface area (Å²) in [5.74, 6) is 0.760. The van der Waals surface area contributed by atoms with Crippen molar-refractivity contribution < 1.29 is 4.79 Å². The van der Waals surface area contributed by atoms with Crippen molar-refractivity contribution >= 4 is 23.4 Å². The Balaban J connectivity index is 1.78. The molecule has 1 atom stereocenters. The fourth-order valence-electron chi connectivity index (χ4n) is 2.57. The zero-order chi connectivity index (χ0) is 18.4. The topological polar surface area (TPSA) is 72.7 Å². The normalized spacial score (nSPS) is 11.9. The lowest BCUT2D eigenvalue weighted by Gasteiger charge is -2.15. The molecule has 0 fully saturated rings. The first-order valence-corrected chi connectivity index (χ1v) is 9.47. The molecule has 3 rings (SSSR count). The first-order chi connectivity index (χ1) is 12.7. The van der Waals surface area contributed by atoms with Gasteiger partial charge in [0.05, 0.1) is 5.25 Å². The van der Waals surface area contributed by atoms with Crippen LogP contribution in [0.1, 0.15) is 20.3 Å². The number of anilines is 1. The van der Waals surface area contributed by atoms with E-state index in [1.165, 1.54) is 11.8 Å². The number of aromatic nitrogens is 4. The van der Waals surface area contributed by atoms with Crippen molar-refractivity contribution in [2.75, 3.05) is 5.32 Å². The summed E-state index contributed by atoms with van der Waals surface area (Å²) < 4.78 is 2.03. The molecule has 1 N–H and O–H groups in total. The van der Waals surface area contributed by atoms with Gasteiger partial charge in [0.15, 0.2) is 11.0 Å². The van der Waals surface area contributed by atoms with E-state index in [1.807, 2.05) is 60.9 Å². The van der Waals surface area contributed by atoms with Crippen LogP contribution in [0.2, 0.25) is 0 Å². The lowest BCUT2D eigenvalue weighted by atomic mass is 10.2. The number of nitrogens with zero attached hydrogens (tertiary/aromatic N) is 4. The van der Waals surface area contributed by atoms with Gasteiger partial charge in [0.25, 0.3) is 0 Å². The summed E-state index contributed by atoms with van der Waals surface area (Å²) in [4.78, 5) is 16.7. The van der Waals surface area contributed by atoms with Crippen LogP contribution in [0.4, 0.5) is 5.69 Å². The van der Waals surface area contributed by atoms with Crippen molar-refractivity contribution in [3.63, 3.8) is 0 Å². The molecule has 2 heterocycles. The van der Waals surface area contributed by atoms with Crippen LogP contribution in [0.25, 0.3) is 11.4 Å². The Morgan fingerprint density at radius 2 is 1.85 bits per heavy atom. The average molecular weight is 367 g/mol. The Morgan fingerprint density at radius 3 is 2.50 bits per heavy atom. The molecule has 1 unspecified atom stereocenters. The van der Waals surface area contributed by atoms with Crippen molar-refractivity contribution in [2.45, 2.75) is 37.2 Å². The molecule has 134 valence electrons. The van der Waals surface area contributed by atoms with Gasteiger partial charge in [-0.1, -0.05) is 36.9 Å². The summed E-state index contributed by atoms with van der Waals surface area (Å²) in [5.41, 5.74) is 1.76. The number of carbonyl (C=O) groups excluding carboxylic acids is 1. The smallest absolute Gasteiger partial charge is 0.237 e. The molecule has 2 aromatic heterocycles. The van der Waals surface area contributed by atoms with Crippen LogP contribution < -0.4 is 5.32 Å². The predicted octanol–water partition coefficient (Wildman–Crippen LogP) is 3.87. The Labute approximate surface area is 157 Å². The number of carbonyl (C=O) groups is 1. The largest absolute Gasteiger partial charge is 0.325 e. The lowest BCUT2D eigenvalue weighted by molar-refractivity contribution is -0.115. The molecule has 0 bridgehead atoms. The molecule has 1 amide bonds. The van der Waals surface area contributed by atoms with E-state index in [0.29, 0.717) is 6.42 Å². The molecule has 0 aliphatic heterocycles. The number of benzene rings is 1. The van der Waals surface area contributed by atoms with Crippen molar-refractivity contribution in [1.82, 2.24) is 19.7 Å². The molecular weight excluding hydrogens is 346 g/mol. The standard InChI is InChI=1S/C19H21N5OS/c1-3-16(18(25)21-15-8-6-5-7-9-15)26-19-23-22-17(24(19)4-2)14-10-12-20-13-11-14/h5-13,16H,3-4H2,1-2H3,(H,21,25). The quantitative estimate of drug-likeness (QED) is 0.642. The molecule has 0 aliphatic carbocycles. The molecule has 0 aliphatic rings. The maximum Gasteiger partial charge on any atom is 0.237 e. The highest BCUT2D eigenvalue weighted by molar-refractivity contribution is 8.00. The molecule has 0 spiro atoms. The van der Waals surface area contributed by atoms with Crippen molar-refractivity contribution in [2.24, 2.45) is 0 Å². The van der Waals surface area contributed by atoms with Gasteiger partial charge in [-0.2, -0.15) is 0 Å². The van der Waals surface area contributed by atoms with Gasteiger partial charge < -0.3 is 9.88 Å². The number of nitrogens with one attached hydrogen (secondary N) is 1. The van der Waals surface area contributed by atoms with E-state index in [2.05, 4.69) is 20.5 Å². The summed E-state index contributed by atoms with van der Waals surface area (Å²) >= 11 is 1.44. The summed E-state index contributed by atoms with van der Waals surface area (Å²) in [6.45, 7) is 4.77. The number of pyridine rings is 1. The van der Waals surface area contributed by atoms with Gasteiger partial charge in [0, 0.05) is 30.2 Å². The van der Waals surface area contributed by atoms with Gasteiger partial charge in [0.2, 0.25) is 5.91 Å². The van der Waals surface area contributed by atoms with Crippen LogP contribution >= 0.6 is 11.8 Å². The summed E-state index contributed by atoms with van der Waals surface area (Å²) in [5, 5.41) is 12.1. The zero-order valence-electron chi connectivity index (χ0n) is 14.8. The molecule has 7 heteroatoms. The predicted molar refractivity (Wildman–Crippen MR) is 104 cm³/mol. The Morgan fingerprint density at radius 1 is 1.12 bits per heavy atom. The fourth-order valence-corrected chi connectivity index (χ4v) is 3.59. The molecular formula is C19H21N5OS. The number of hydrogen-bond donors (Lipinski definition) is 1. The third kappa shape index (κ3) is 4.11. The lowest BCUT2D eigenvalue weighted by Crippen LogP contribution is -2.25. The van der Waals surface area contributed by atoms with E-state index < -0.39 is 0 Å². The molecule has 3 aromatic rings. The second-order valence-electron chi connectivity index (χ2n) is 5.66. The minimum Gasteiger partial charge on any atom is -0.325 e. The number of thioether (sulfide) groups is 1. The molecule has 1 aromatic carbocycles. The molecule has 0 saturated carbocycles. The molecule has 26 heavy (non-hydrogen) atoms. The van der Waals surface area contributed by atoms with Crippen molar-refractivity contribution in [1.29, 1.82) is 0 Å². The third-order valence-electron chi connectivity index (χ3n) is 3.92. The minimum atomic E-state index is -0.241. The Bertz CT molecular complexity index is 851. The van der Waals surface area contributed by atoms with E-state index in [1.54, 1.807) is 12.4 Å². The third-order valence-corrected chi connectivity index (χ3v) is 5.27. The summed E-state index contributed by atoms with van der Waals surface area (Å²) in [7, 11) is 0. The van der Waals surface area contributed by atoms with E-state index in [0.717, 1.165) is 28.8 Å². The first kappa shape index (κ1) is 18.1. The van der Waals surface area contributed by atoms with Crippen LogP contribution in [0.3, 0.4) is 0 Å². The van der Waals surface area contributed by atoms with Gasteiger partial charge in [-0.05, 0) is 37.6 Å². The van der Waals surface area contributed by atoms with Gasteiger partial charge in [-0.3, -0.25) is 9.78 Å². The maximum atomic E-state index is 12.6. The second kappa shape index (κ2) is 8.62. The van der Waals surface area contributed by atoms with Crippen LogP contribution in [0.15, 0.2) is 60.0 Å². The molecule has 0 saturated heterocycles. The number of amides is 1. The highest BCUT2D eigenvalue weighted by Crippen LogP contribution is 2.28. The number of hydrogen-bond acceptors (Lipinski definition) is 5. The fraction of sp³-hybridized carbons (Fsp3) is 0.263. The molecule has 0 radical (unpaired) electrons. The van der Waals surface area contributed by atoms with Crippen LogP contribution in [0.5, 0.6) is 0 Å². The minimum absolute atomic E-state index is 0.0279. The van der Waals surface area contributed by atoms with Crippen molar-refractivity contribution in [3.05, 3.63) is 54.9 Å². The Kier molecular flexibility index (Phi) is 6.01. The van der Waals surface area contributed by atoms with Gasteiger partial charge in [-0.15, -0.1) is 10.2 Å². The van der Waals surface area contributed by atoms with Crippen LogP contribution in [0, 0.1) is 0 Å². The van der Waals surface area contributed by atoms with Crippen molar-refractivity contribution in [3.8, 4) is 11.4 Å². The van der Waals surface area contributed by atoms with E-state index >= 15 is 0 Å². The van der Waals surface area contributed by atoms with Crippen LogP contribution in [-0.2, 0) is 11.3 Å². The van der Waals surface area contributed by atoms with Gasteiger partial charge >= 0.3 is 0 Å². The van der Waals surface area contributed by atoms with E-state index in [4.69, 9.17) is 0 Å². The van der Waals surface area contributed by atoms with Gasteiger partial charge in [0.1, 0.15) is 0 Å². The Hall–Kier alpha value is -2.67. The SMILES string of the molecule is CCC(Sc1nnc(-c2ccncc2)n1CC)C(=O)Nc1ccccc1. The summed E-state index contributed by atoms with van der Waals surface area (Å²) in [6.07, 6.45) is 4.17. The van der Waals surface area contributed by atoms with Gasteiger partial charge in [-0.25, -0.2) is 0 Å². The number of para-hydroxylation sites is 1. The summed E-state index contributed by atoms with van der Waals surface area (Å²) in [6, 6.07) is 13.3. The maximum absolute atomic E-state index is 12.6. The monoisotopic (exact) mass is 367 g/mol. The second-order valence-corrected chi connectivity index (χ2v) is 6.83.